The molecule has 5 aliphatic heterocycles. The van der Waals surface area contributed by atoms with E-state index in [-0.39, 0.29) is 59.5 Å². The Morgan fingerprint density at radius 3 is 2.71 bits per heavy atom. The van der Waals surface area contributed by atoms with Gasteiger partial charge in [-0.25, -0.2) is 0 Å². The molecule has 0 radical (unpaired) electrons. The third-order valence-electron chi connectivity index (χ3n) is 19.3. The molecule has 7 N–H and O–H groups in total. The summed E-state index contributed by atoms with van der Waals surface area (Å²) in [4.78, 5) is 26.3. The summed E-state index contributed by atoms with van der Waals surface area (Å²) in [6.07, 6.45) is 22.6. The van der Waals surface area contributed by atoms with Gasteiger partial charge < -0.3 is 50.8 Å². The number of nitrogens with one attached hydrogen (secondary N) is 3. The van der Waals surface area contributed by atoms with Crippen LogP contribution < -0.4 is 35.9 Å². The van der Waals surface area contributed by atoms with Crippen LogP contribution in [-0.2, 0) is 39.1 Å². The van der Waals surface area contributed by atoms with Gasteiger partial charge in [-0.15, -0.1) is 0 Å². The van der Waals surface area contributed by atoms with Crippen LogP contribution in [0.1, 0.15) is 154 Å². The van der Waals surface area contributed by atoms with Crippen LogP contribution in [0.3, 0.4) is 0 Å². The molecule has 10 aliphatic rings. The number of hydrogen-bond donors (Lipinski definition) is 6. The molecule has 4 saturated carbocycles. The lowest BCUT2D eigenvalue weighted by atomic mass is 9.65. The van der Waals surface area contributed by atoms with E-state index in [4.69, 9.17) is 24.7 Å². The maximum absolute atomic E-state index is 13.3. The number of phenolic OH excluding ortho intramolecular Hbond substituents is 2. The zero-order valence-corrected chi connectivity index (χ0v) is 45.5. The molecule has 5 aliphatic carbocycles. The molecule has 0 aromatic heterocycles. The van der Waals surface area contributed by atoms with Gasteiger partial charge in [0.25, 0.3) is 0 Å². The lowest BCUT2D eigenvalue weighted by Crippen LogP contribution is -2.49. The van der Waals surface area contributed by atoms with Crippen LogP contribution >= 0.6 is 21.6 Å². The second kappa shape index (κ2) is 20.3. The van der Waals surface area contributed by atoms with Gasteiger partial charge in [0.1, 0.15) is 41.8 Å². The lowest BCUT2D eigenvalue weighted by molar-refractivity contribution is -0.142. The number of hydrogen-bond acceptors (Lipinski definition) is 14. The van der Waals surface area contributed by atoms with E-state index >= 15 is 0 Å². The molecule has 10 atom stereocenters. The number of aromatic hydroxyl groups is 2. The summed E-state index contributed by atoms with van der Waals surface area (Å²) in [6, 6.07) is 8.31. The number of fused-ring (bicyclic) bond motifs is 11. The Hall–Kier alpha value is -5.04. The third kappa shape index (κ3) is 9.02. The van der Waals surface area contributed by atoms with Gasteiger partial charge in [0, 0.05) is 101 Å². The molecule has 5 heterocycles. The Balaban J connectivity index is 1.05. The molecule has 3 aromatic carbocycles. The largest absolute Gasteiger partial charge is 0.508 e. The summed E-state index contributed by atoms with van der Waals surface area (Å²) in [5.74, 6) is 11.7. The van der Waals surface area contributed by atoms with Gasteiger partial charge in [0.2, 0.25) is 0 Å². The maximum atomic E-state index is 13.3. The third-order valence-corrected chi connectivity index (χ3v) is 21.9. The second-order valence-corrected chi connectivity index (χ2v) is 26.5. The number of nitrogens with two attached hydrogens (primary N) is 1. The van der Waals surface area contributed by atoms with Gasteiger partial charge in [-0.2, -0.15) is 0 Å². The Morgan fingerprint density at radius 2 is 1.86 bits per heavy atom. The predicted octanol–water partition coefficient (Wildman–Crippen LogP) is 10.3. The number of methoxy groups -OCH3 is 1. The standard InChI is InChI=1S/C62H72N4O8S2/c1-34(67)72-31-47-43-13-14-44-54-38(25-41(69)26-50(54)71-2)28-62-22-19-35(27-62)23-37-11-18-53(63)66-48(37)10-6-9-42-46(30-64-52-17-12-40(68)29-61(52)20-3-4-21-61)57(70)60-45(55(42)58(47)74-59(43)56(44)62)15-16-49-51(73-60)33-76-75-32-36-7-5-8-39(24-36)65-49/h11,13-16,18,25-26,35-36,39,47,49,51-53,58,64-66,69-70H,3-5,7-9,12,17,19-24,27-33,63H2,1-2H3. The first kappa shape index (κ1) is 50.5. The first-order chi connectivity index (χ1) is 37.0. The van der Waals surface area contributed by atoms with E-state index < -0.39 is 18.2 Å². The summed E-state index contributed by atoms with van der Waals surface area (Å²) in [5.41, 5.74) is 16.4. The number of ether oxygens (including phenoxy) is 4. The molecule has 13 rings (SSSR count). The smallest absolute Gasteiger partial charge is 0.302 e. The topological polar surface area (TPSA) is 174 Å². The Kier molecular flexibility index (Phi) is 13.5. The number of carbonyl (C=O) groups is 2. The fourth-order valence-electron chi connectivity index (χ4n) is 15.9. The molecule has 76 heavy (non-hydrogen) atoms. The van der Waals surface area contributed by atoms with E-state index in [1.165, 1.54) is 19.8 Å². The van der Waals surface area contributed by atoms with Crippen molar-refractivity contribution in [3.63, 3.8) is 0 Å². The summed E-state index contributed by atoms with van der Waals surface area (Å²) in [5, 5.41) is 36.1. The van der Waals surface area contributed by atoms with Crippen LogP contribution in [-0.4, -0.2) is 77.6 Å². The summed E-state index contributed by atoms with van der Waals surface area (Å²) < 4.78 is 27.5. The van der Waals surface area contributed by atoms with Crippen molar-refractivity contribution in [2.24, 2.45) is 23.0 Å². The predicted molar refractivity (Wildman–Crippen MR) is 298 cm³/mol. The quantitative estimate of drug-likeness (QED) is 0.0782. The van der Waals surface area contributed by atoms with Gasteiger partial charge >= 0.3 is 5.97 Å². The molecule has 5 fully saturated rings. The highest BCUT2D eigenvalue weighted by Crippen LogP contribution is 2.64. The molecule has 10 unspecified atom stereocenters. The minimum Gasteiger partial charge on any atom is -0.508 e. The fraction of sp³-hybridized carbons (Fsp3) is 0.548. The SMILES string of the molecule is COc1cc(O)cc2c1-c1ccc3c4c1C1(CCC(CC5=C(C#CCc6c(CNC7CCC(=O)CC78CCCC8)c(O)c7c(c6C(O4)C3COC(C)=O)C=CC3NC4CCCC(CSSCC3O7)C4)NC(N)C=C5)C1)C2. The maximum Gasteiger partial charge on any atom is 0.302 e. The van der Waals surface area contributed by atoms with Crippen LogP contribution in [0, 0.1) is 29.1 Å². The number of ketones is 1. The van der Waals surface area contributed by atoms with E-state index in [1.54, 1.807) is 13.2 Å². The Bertz CT molecular complexity index is 3030. The normalized spacial score (nSPS) is 31.5. The number of carbonyl (C=O) groups excluding carboxylic acids is 2. The summed E-state index contributed by atoms with van der Waals surface area (Å²) in [7, 11) is 5.46. The van der Waals surface area contributed by atoms with E-state index in [1.807, 2.05) is 33.7 Å². The molecule has 3 aromatic rings. The monoisotopic (exact) mass is 1060 g/mol. The van der Waals surface area contributed by atoms with Gasteiger partial charge in [0.05, 0.1) is 30.9 Å². The molecule has 1 saturated heterocycles. The molecule has 2 spiro atoms. The van der Waals surface area contributed by atoms with Crippen molar-refractivity contribution in [1.29, 1.82) is 0 Å². The van der Waals surface area contributed by atoms with Gasteiger partial charge in [0.15, 0.2) is 11.5 Å². The highest BCUT2D eigenvalue weighted by atomic mass is 33.1. The van der Waals surface area contributed by atoms with Crippen molar-refractivity contribution in [1.82, 2.24) is 16.0 Å². The first-order valence-corrected chi connectivity index (χ1v) is 30.8. The van der Waals surface area contributed by atoms with Gasteiger partial charge in [-0.3, -0.25) is 9.59 Å². The Morgan fingerprint density at radius 1 is 0.987 bits per heavy atom. The van der Waals surface area contributed by atoms with E-state index in [0.717, 1.165) is 144 Å². The van der Waals surface area contributed by atoms with E-state index in [0.29, 0.717) is 66.5 Å². The van der Waals surface area contributed by atoms with Crippen molar-refractivity contribution in [2.75, 3.05) is 25.2 Å². The number of Topliss-reactive ketones (excluding diaryl/α,β-unsaturated/α-hetero) is 1. The van der Waals surface area contributed by atoms with Crippen molar-refractivity contribution >= 4 is 39.4 Å². The highest BCUT2D eigenvalue weighted by molar-refractivity contribution is 8.76. The number of dihydropyridines is 1. The Labute approximate surface area is 454 Å². The lowest BCUT2D eigenvalue weighted by Gasteiger charge is -2.41. The summed E-state index contributed by atoms with van der Waals surface area (Å²) in [6.45, 7) is 1.86. The first-order valence-electron chi connectivity index (χ1n) is 28.3. The molecule has 400 valence electrons. The summed E-state index contributed by atoms with van der Waals surface area (Å²) >= 11 is 0. The number of phenols is 2. The van der Waals surface area contributed by atoms with Crippen LogP contribution in [0.25, 0.3) is 17.2 Å². The second-order valence-electron chi connectivity index (χ2n) is 23.9. The van der Waals surface area contributed by atoms with Crippen LogP contribution in [0.15, 0.2) is 53.8 Å². The fourth-order valence-corrected chi connectivity index (χ4v) is 18.6. The average molecular weight is 1070 g/mol. The van der Waals surface area contributed by atoms with Crippen LogP contribution in [0.4, 0.5) is 0 Å². The molecule has 12 nitrogen and oxygen atoms in total. The minimum absolute atomic E-state index is 0.0701. The number of rotatable bonds is 6. The molecular weight excluding hydrogens is 993 g/mol. The molecule has 6 bridgehead atoms. The number of esters is 1. The van der Waals surface area contributed by atoms with E-state index in [2.05, 4.69) is 58.2 Å². The number of benzene rings is 3. The average Bonchev–Trinajstić information content (AvgIpc) is 4.30. The highest BCUT2D eigenvalue weighted by Gasteiger charge is 2.52. The van der Waals surface area contributed by atoms with Crippen molar-refractivity contribution in [2.45, 2.75) is 170 Å². The van der Waals surface area contributed by atoms with Gasteiger partial charge in [-0.1, -0.05) is 77.1 Å². The molecular formula is C62H72N4O8S2. The van der Waals surface area contributed by atoms with E-state index in [9.17, 15) is 19.8 Å². The van der Waals surface area contributed by atoms with Crippen molar-refractivity contribution < 1.29 is 38.7 Å². The van der Waals surface area contributed by atoms with Crippen molar-refractivity contribution in [3.05, 3.63) is 92.7 Å². The number of allylic oxidation sites excluding steroid dienone is 3. The van der Waals surface area contributed by atoms with Crippen LogP contribution in [0.5, 0.6) is 28.7 Å². The van der Waals surface area contributed by atoms with Crippen molar-refractivity contribution in [3.8, 4) is 51.7 Å². The zero-order valence-electron chi connectivity index (χ0n) is 43.9. The van der Waals surface area contributed by atoms with Crippen LogP contribution in [0.2, 0.25) is 0 Å². The zero-order chi connectivity index (χ0) is 51.9. The molecule has 14 heteroatoms. The molecule has 0 amide bonds. The van der Waals surface area contributed by atoms with Gasteiger partial charge in [-0.05, 0) is 128 Å². The minimum atomic E-state index is -0.692.